The van der Waals surface area contributed by atoms with Gasteiger partial charge in [0, 0.05) is 0 Å². The zero-order valence-corrected chi connectivity index (χ0v) is 25.1. The van der Waals surface area contributed by atoms with E-state index in [2.05, 4.69) is 34.6 Å². The zero-order chi connectivity index (χ0) is 25.1. The fourth-order valence-electron chi connectivity index (χ4n) is 5.82. The Bertz CT molecular complexity index is 359. The summed E-state index contributed by atoms with van der Waals surface area (Å²) >= 11 is 0. The van der Waals surface area contributed by atoms with Crippen LogP contribution in [0.15, 0.2) is 0 Å². The molecular formula is C34H70. The van der Waals surface area contributed by atoms with E-state index < -0.39 is 0 Å². The SMILES string of the molecule is CCCCCCCCCCCCCCCCCCC(C)CC(C)CCCCCC(C)CCCC. The van der Waals surface area contributed by atoms with E-state index in [0.717, 1.165) is 17.8 Å². The standard InChI is InChI=1S/C34H70/c1-6-8-10-11-12-13-14-15-16-17-18-19-20-21-22-24-29-33(4)31-34(5)30-26-23-25-28-32(3)27-9-7-2/h32-34H,6-31H2,1-5H3. The second-order valence-corrected chi connectivity index (χ2v) is 12.4. The van der Waals surface area contributed by atoms with Gasteiger partial charge in [0.05, 0.1) is 0 Å². The molecule has 3 atom stereocenters. The smallest absolute Gasteiger partial charge is 0.0440 e. The molecule has 206 valence electrons. The molecule has 0 aromatic rings. The van der Waals surface area contributed by atoms with Crippen molar-refractivity contribution in [3.63, 3.8) is 0 Å². The van der Waals surface area contributed by atoms with Gasteiger partial charge in [0.2, 0.25) is 0 Å². The summed E-state index contributed by atoms with van der Waals surface area (Å²) in [5.41, 5.74) is 0. The Balaban J connectivity index is 3.31. The quantitative estimate of drug-likeness (QED) is 0.0980. The third-order valence-corrected chi connectivity index (χ3v) is 8.30. The van der Waals surface area contributed by atoms with Gasteiger partial charge in [-0.15, -0.1) is 0 Å². The monoisotopic (exact) mass is 479 g/mol. The maximum absolute atomic E-state index is 2.51. The van der Waals surface area contributed by atoms with E-state index in [-0.39, 0.29) is 0 Å². The minimum Gasteiger partial charge on any atom is -0.0654 e. The molecule has 0 aliphatic heterocycles. The highest BCUT2D eigenvalue weighted by Gasteiger charge is 2.09. The first-order valence-corrected chi connectivity index (χ1v) is 16.6. The second kappa shape index (κ2) is 27.6. The Kier molecular flexibility index (Phi) is 27.6. The van der Waals surface area contributed by atoms with Crippen molar-refractivity contribution in [3.8, 4) is 0 Å². The Morgan fingerprint density at radius 3 is 0.941 bits per heavy atom. The summed E-state index contributed by atoms with van der Waals surface area (Å²) in [4.78, 5) is 0. The molecule has 0 saturated heterocycles. The van der Waals surface area contributed by atoms with Crippen molar-refractivity contribution >= 4 is 0 Å². The lowest BCUT2D eigenvalue weighted by atomic mass is 9.89. The summed E-state index contributed by atoms with van der Waals surface area (Å²) in [5, 5.41) is 0. The van der Waals surface area contributed by atoms with Crippen molar-refractivity contribution in [2.75, 3.05) is 0 Å². The molecule has 0 amide bonds. The summed E-state index contributed by atoms with van der Waals surface area (Å²) in [7, 11) is 0. The van der Waals surface area contributed by atoms with E-state index in [1.807, 2.05) is 0 Å². The van der Waals surface area contributed by atoms with Gasteiger partial charge in [-0.05, 0) is 24.2 Å². The molecule has 0 aliphatic carbocycles. The number of rotatable bonds is 28. The Labute approximate surface area is 219 Å². The van der Waals surface area contributed by atoms with Gasteiger partial charge in [-0.1, -0.05) is 195 Å². The third-order valence-electron chi connectivity index (χ3n) is 8.30. The molecule has 0 aromatic carbocycles. The summed E-state index contributed by atoms with van der Waals surface area (Å²) in [6.45, 7) is 12.1. The Hall–Kier alpha value is 0. The first-order chi connectivity index (χ1) is 16.6. The Morgan fingerprint density at radius 1 is 0.294 bits per heavy atom. The van der Waals surface area contributed by atoms with Gasteiger partial charge in [0.25, 0.3) is 0 Å². The highest BCUT2D eigenvalue weighted by atomic mass is 14.2. The molecule has 34 heavy (non-hydrogen) atoms. The van der Waals surface area contributed by atoms with E-state index in [9.17, 15) is 0 Å². The lowest BCUT2D eigenvalue weighted by Gasteiger charge is -2.17. The van der Waals surface area contributed by atoms with Crippen molar-refractivity contribution in [1.82, 2.24) is 0 Å². The molecule has 0 heterocycles. The number of hydrogen-bond acceptors (Lipinski definition) is 0. The third kappa shape index (κ3) is 26.6. The maximum atomic E-state index is 2.51. The zero-order valence-electron chi connectivity index (χ0n) is 25.1. The molecule has 0 saturated carbocycles. The van der Waals surface area contributed by atoms with Crippen LogP contribution in [-0.2, 0) is 0 Å². The molecule has 0 spiro atoms. The molecule has 3 unspecified atom stereocenters. The molecule has 0 fully saturated rings. The molecule has 0 heteroatoms. The molecule has 0 rings (SSSR count). The first kappa shape index (κ1) is 34.0. The van der Waals surface area contributed by atoms with E-state index in [4.69, 9.17) is 0 Å². The number of unbranched alkanes of at least 4 members (excludes halogenated alkanes) is 18. The molecule has 0 N–H and O–H groups in total. The van der Waals surface area contributed by atoms with Crippen molar-refractivity contribution in [2.45, 2.75) is 202 Å². The van der Waals surface area contributed by atoms with Gasteiger partial charge in [-0.25, -0.2) is 0 Å². The average Bonchev–Trinajstić information content (AvgIpc) is 2.82. The predicted molar refractivity (Wildman–Crippen MR) is 159 cm³/mol. The van der Waals surface area contributed by atoms with E-state index in [0.29, 0.717) is 0 Å². The van der Waals surface area contributed by atoms with Crippen molar-refractivity contribution < 1.29 is 0 Å². The fourth-order valence-corrected chi connectivity index (χ4v) is 5.82. The molecule has 0 bridgehead atoms. The largest absolute Gasteiger partial charge is 0.0654 e. The molecule has 0 radical (unpaired) electrons. The van der Waals surface area contributed by atoms with Crippen LogP contribution in [0.2, 0.25) is 0 Å². The van der Waals surface area contributed by atoms with Crippen LogP contribution in [-0.4, -0.2) is 0 Å². The predicted octanol–water partition coefficient (Wildman–Crippen LogP) is 13.1. The highest BCUT2D eigenvalue weighted by molar-refractivity contribution is 4.62. The summed E-state index contributed by atoms with van der Waals surface area (Å²) in [6, 6.07) is 0. The topological polar surface area (TPSA) is 0 Å². The van der Waals surface area contributed by atoms with Crippen molar-refractivity contribution in [1.29, 1.82) is 0 Å². The lowest BCUT2D eigenvalue weighted by Crippen LogP contribution is -2.04. The van der Waals surface area contributed by atoms with E-state index in [1.54, 1.807) is 0 Å². The number of hydrogen-bond donors (Lipinski definition) is 0. The van der Waals surface area contributed by atoms with Gasteiger partial charge < -0.3 is 0 Å². The van der Waals surface area contributed by atoms with Crippen LogP contribution in [0.1, 0.15) is 202 Å². The van der Waals surface area contributed by atoms with Crippen LogP contribution in [0, 0.1) is 17.8 Å². The van der Waals surface area contributed by atoms with Crippen LogP contribution < -0.4 is 0 Å². The van der Waals surface area contributed by atoms with Gasteiger partial charge >= 0.3 is 0 Å². The van der Waals surface area contributed by atoms with Crippen LogP contribution >= 0.6 is 0 Å². The maximum Gasteiger partial charge on any atom is -0.0440 e. The van der Waals surface area contributed by atoms with Crippen LogP contribution in [0.25, 0.3) is 0 Å². The van der Waals surface area contributed by atoms with Crippen LogP contribution in [0.3, 0.4) is 0 Å². The lowest BCUT2D eigenvalue weighted by molar-refractivity contribution is 0.353. The van der Waals surface area contributed by atoms with Crippen molar-refractivity contribution in [2.24, 2.45) is 17.8 Å². The summed E-state index contributed by atoms with van der Waals surface area (Å²) in [5.74, 6) is 2.83. The van der Waals surface area contributed by atoms with Crippen molar-refractivity contribution in [3.05, 3.63) is 0 Å². The first-order valence-electron chi connectivity index (χ1n) is 16.6. The van der Waals surface area contributed by atoms with Crippen LogP contribution in [0.5, 0.6) is 0 Å². The summed E-state index contributed by atoms with van der Waals surface area (Å²) < 4.78 is 0. The molecular weight excluding hydrogens is 408 g/mol. The van der Waals surface area contributed by atoms with Gasteiger partial charge in [0.1, 0.15) is 0 Å². The van der Waals surface area contributed by atoms with Gasteiger partial charge in [0.15, 0.2) is 0 Å². The Morgan fingerprint density at radius 2 is 0.559 bits per heavy atom. The van der Waals surface area contributed by atoms with Crippen LogP contribution in [0.4, 0.5) is 0 Å². The van der Waals surface area contributed by atoms with E-state index in [1.165, 1.54) is 167 Å². The van der Waals surface area contributed by atoms with E-state index >= 15 is 0 Å². The fraction of sp³-hybridized carbons (Fsp3) is 1.00. The minimum absolute atomic E-state index is 0.938. The normalized spacial score (nSPS) is 14.4. The average molecular weight is 479 g/mol. The highest BCUT2D eigenvalue weighted by Crippen LogP contribution is 2.24. The molecule has 0 aromatic heterocycles. The molecule has 0 nitrogen and oxygen atoms in total. The van der Waals surface area contributed by atoms with Gasteiger partial charge in [-0.2, -0.15) is 0 Å². The van der Waals surface area contributed by atoms with Gasteiger partial charge in [-0.3, -0.25) is 0 Å². The molecule has 0 aliphatic rings. The summed E-state index contributed by atoms with van der Waals surface area (Å²) in [6.07, 6.45) is 38.1. The second-order valence-electron chi connectivity index (χ2n) is 12.4. The minimum atomic E-state index is 0.938.